The standard InChI is InChI=1S/C25H38N2O2/c1-28-24-19-20-7-5-6-10-23(20)25(29-24)13-11-22(12-14-25)27-17-15-26(16-18-27)21-8-3-2-4-9-21/h5-7,10,21-22,24H,2-4,8-9,11-19H2,1H3/t22?,24-,25?/m0/s1. The van der Waals surface area contributed by atoms with Gasteiger partial charge in [-0.3, -0.25) is 9.80 Å². The van der Waals surface area contributed by atoms with E-state index in [0.717, 1.165) is 31.3 Å². The fourth-order valence-corrected chi connectivity index (χ4v) is 6.55. The summed E-state index contributed by atoms with van der Waals surface area (Å²) < 4.78 is 12.2. The van der Waals surface area contributed by atoms with Crippen LogP contribution in [0.5, 0.6) is 0 Å². The van der Waals surface area contributed by atoms with E-state index in [1.165, 1.54) is 82.3 Å². The number of methoxy groups -OCH3 is 1. The van der Waals surface area contributed by atoms with Crippen LogP contribution in [0.4, 0.5) is 0 Å². The molecule has 4 nitrogen and oxygen atoms in total. The Balaban J connectivity index is 1.20. The average molecular weight is 399 g/mol. The van der Waals surface area contributed by atoms with Crippen LogP contribution in [-0.2, 0) is 21.5 Å². The highest BCUT2D eigenvalue weighted by molar-refractivity contribution is 5.35. The van der Waals surface area contributed by atoms with E-state index in [4.69, 9.17) is 9.47 Å². The molecule has 2 saturated carbocycles. The molecular formula is C25H38N2O2. The molecule has 2 aliphatic heterocycles. The van der Waals surface area contributed by atoms with Crippen molar-refractivity contribution in [3.63, 3.8) is 0 Å². The van der Waals surface area contributed by atoms with Crippen molar-refractivity contribution in [3.05, 3.63) is 35.4 Å². The molecule has 5 rings (SSSR count). The summed E-state index contributed by atoms with van der Waals surface area (Å²) in [6.45, 7) is 5.06. The monoisotopic (exact) mass is 398 g/mol. The second kappa shape index (κ2) is 8.66. The summed E-state index contributed by atoms with van der Waals surface area (Å²) in [7, 11) is 1.78. The van der Waals surface area contributed by atoms with Gasteiger partial charge >= 0.3 is 0 Å². The van der Waals surface area contributed by atoms with Crippen molar-refractivity contribution in [2.45, 2.75) is 88.2 Å². The van der Waals surface area contributed by atoms with E-state index in [2.05, 4.69) is 34.1 Å². The lowest BCUT2D eigenvalue weighted by Crippen LogP contribution is -2.55. The first-order valence-corrected chi connectivity index (χ1v) is 12.0. The zero-order valence-electron chi connectivity index (χ0n) is 18.2. The molecule has 0 unspecified atom stereocenters. The number of fused-ring (bicyclic) bond motifs is 2. The van der Waals surface area contributed by atoms with Crippen LogP contribution in [0.3, 0.4) is 0 Å². The Morgan fingerprint density at radius 2 is 1.48 bits per heavy atom. The molecule has 4 heteroatoms. The van der Waals surface area contributed by atoms with Crippen molar-refractivity contribution in [1.29, 1.82) is 0 Å². The number of rotatable bonds is 3. The summed E-state index contributed by atoms with van der Waals surface area (Å²) in [5.74, 6) is 0. The summed E-state index contributed by atoms with van der Waals surface area (Å²) in [6.07, 6.45) is 12.7. The van der Waals surface area contributed by atoms with Crippen molar-refractivity contribution in [2.24, 2.45) is 0 Å². The summed E-state index contributed by atoms with van der Waals surface area (Å²) in [5.41, 5.74) is 2.72. The van der Waals surface area contributed by atoms with Gasteiger partial charge in [-0.2, -0.15) is 0 Å². The Hall–Kier alpha value is -0.940. The summed E-state index contributed by atoms with van der Waals surface area (Å²) in [6, 6.07) is 10.5. The van der Waals surface area contributed by atoms with E-state index in [-0.39, 0.29) is 11.9 Å². The van der Waals surface area contributed by atoms with Gasteiger partial charge < -0.3 is 9.47 Å². The maximum Gasteiger partial charge on any atom is 0.162 e. The molecule has 0 aromatic heterocycles. The van der Waals surface area contributed by atoms with Gasteiger partial charge in [0.25, 0.3) is 0 Å². The molecule has 1 saturated heterocycles. The molecule has 2 aliphatic carbocycles. The maximum atomic E-state index is 6.57. The topological polar surface area (TPSA) is 24.9 Å². The molecular weight excluding hydrogens is 360 g/mol. The lowest BCUT2D eigenvalue weighted by molar-refractivity contribution is -0.226. The number of ether oxygens (including phenoxy) is 2. The molecule has 160 valence electrons. The minimum atomic E-state index is -0.129. The molecule has 1 aromatic rings. The summed E-state index contributed by atoms with van der Waals surface area (Å²) in [4.78, 5) is 5.58. The molecule has 2 heterocycles. The van der Waals surface area contributed by atoms with Gasteiger partial charge in [-0.15, -0.1) is 0 Å². The summed E-state index contributed by atoms with van der Waals surface area (Å²) in [5, 5.41) is 0. The molecule has 1 spiro atoms. The van der Waals surface area contributed by atoms with Crippen LogP contribution in [0, 0.1) is 0 Å². The third-order valence-corrected chi connectivity index (χ3v) is 8.23. The van der Waals surface area contributed by atoms with E-state index in [1.807, 2.05) is 0 Å². The van der Waals surface area contributed by atoms with Gasteiger partial charge in [0.1, 0.15) is 0 Å². The lowest BCUT2D eigenvalue weighted by atomic mass is 9.74. The molecule has 0 amide bonds. The van der Waals surface area contributed by atoms with Gasteiger partial charge in [0.05, 0.1) is 5.60 Å². The Labute approximate surface area is 176 Å². The number of piperazine rings is 1. The quantitative estimate of drug-likeness (QED) is 0.757. The van der Waals surface area contributed by atoms with Gasteiger partial charge in [0.2, 0.25) is 0 Å². The minimum absolute atomic E-state index is 0.0968. The molecule has 0 N–H and O–H groups in total. The highest BCUT2D eigenvalue weighted by Gasteiger charge is 2.45. The zero-order valence-corrected chi connectivity index (χ0v) is 18.2. The fraction of sp³-hybridized carbons (Fsp3) is 0.760. The Morgan fingerprint density at radius 3 is 2.14 bits per heavy atom. The minimum Gasteiger partial charge on any atom is -0.356 e. The van der Waals surface area contributed by atoms with E-state index >= 15 is 0 Å². The molecule has 1 atom stereocenters. The lowest BCUT2D eigenvalue weighted by Gasteiger charge is -2.49. The fourth-order valence-electron chi connectivity index (χ4n) is 6.55. The predicted molar refractivity (Wildman–Crippen MR) is 116 cm³/mol. The van der Waals surface area contributed by atoms with Crippen LogP contribution in [-0.4, -0.2) is 61.5 Å². The van der Waals surface area contributed by atoms with Gasteiger partial charge in [0, 0.05) is 51.8 Å². The normalized spacial score (nSPS) is 34.9. The molecule has 0 radical (unpaired) electrons. The van der Waals surface area contributed by atoms with E-state index in [0.29, 0.717) is 0 Å². The SMILES string of the molecule is CO[C@@H]1Cc2ccccc2C2(CCC(N3CCN(C4CCCCC4)CC3)CC2)O1. The molecule has 0 bridgehead atoms. The van der Waals surface area contributed by atoms with Crippen molar-refractivity contribution in [2.75, 3.05) is 33.3 Å². The molecule has 3 fully saturated rings. The van der Waals surface area contributed by atoms with Crippen LogP contribution >= 0.6 is 0 Å². The molecule has 4 aliphatic rings. The first kappa shape index (κ1) is 20.0. The molecule has 1 aromatic carbocycles. The Kier molecular flexibility index (Phi) is 5.97. The number of benzene rings is 1. The second-order valence-corrected chi connectivity index (χ2v) is 9.73. The van der Waals surface area contributed by atoms with Gasteiger partial charge in [-0.25, -0.2) is 0 Å². The third kappa shape index (κ3) is 4.01. The predicted octanol–water partition coefficient (Wildman–Crippen LogP) is 4.32. The van der Waals surface area contributed by atoms with Crippen molar-refractivity contribution in [3.8, 4) is 0 Å². The largest absolute Gasteiger partial charge is 0.356 e. The highest BCUT2D eigenvalue weighted by atomic mass is 16.7. The van der Waals surface area contributed by atoms with Crippen LogP contribution in [0.1, 0.15) is 68.9 Å². The zero-order chi connectivity index (χ0) is 19.7. The average Bonchev–Trinajstić information content (AvgIpc) is 2.80. The van der Waals surface area contributed by atoms with Crippen LogP contribution in [0.2, 0.25) is 0 Å². The number of nitrogens with zero attached hydrogens (tertiary/aromatic N) is 2. The van der Waals surface area contributed by atoms with Crippen molar-refractivity contribution >= 4 is 0 Å². The van der Waals surface area contributed by atoms with Gasteiger partial charge in [-0.1, -0.05) is 43.5 Å². The smallest absolute Gasteiger partial charge is 0.162 e. The highest BCUT2D eigenvalue weighted by Crippen LogP contribution is 2.47. The van der Waals surface area contributed by atoms with Crippen LogP contribution in [0.15, 0.2) is 24.3 Å². The first-order chi connectivity index (χ1) is 14.3. The van der Waals surface area contributed by atoms with E-state index in [9.17, 15) is 0 Å². The summed E-state index contributed by atoms with van der Waals surface area (Å²) >= 11 is 0. The van der Waals surface area contributed by atoms with Gasteiger partial charge in [-0.05, 0) is 49.7 Å². The van der Waals surface area contributed by atoms with Crippen LogP contribution in [0.25, 0.3) is 0 Å². The maximum absolute atomic E-state index is 6.57. The first-order valence-electron chi connectivity index (χ1n) is 12.0. The van der Waals surface area contributed by atoms with Crippen molar-refractivity contribution < 1.29 is 9.47 Å². The third-order valence-electron chi connectivity index (χ3n) is 8.23. The van der Waals surface area contributed by atoms with Crippen molar-refractivity contribution in [1.82, 2.24) is 9.80 Å². The van der Waals surface area contributed by atoms with Gasteiger partial charge in [0.15, 0.2) is 6.29 Å². The number of hydrogen-bond acceptors (Lipinski definition) is 4. The van der Waals surface area contributed by atoms with E-state index < -0.39 is 0 Å². The Bertz CT molecular complexity index is 671. The number of hydrogen-bond donors (Lipinski definition) is 0. The van der Waals surface area contributed by atoms with E-state index in [1.54, 1.807) is 7.11 Å². The molecule has 29 heavy (non-hydrogen) atoms. The second-order valence-electron chi connectivity index (χ2n) is 9.73. The van der Waals surface area contributed by atoms with Crippen LogP contribution < -0.4 is 0 Å². The Morgan fingerprint density at radius 1 is 0.862 bits per heavy atom.